The molecule has 0 unspecified atom stereocenters. The average Bonchev–Trinajstić information content (AvgIpc) is 2.59. The normalized spacial score (nSPS) is 10.8. The number of benzene rings is 1. The van der Waals surface area contributed by atoms with Crippen LogP contribution in [0.5, 0.6) is 5.75 Å². The summed E-state index contributed by atoms with van der Waals surface area (Å²) in [6.45, 7) is -2.82. The summed E-state index contributed by atoms with van der Waals surface area (Å²) >= 11 is 4.95. The zero-order valence-electron chi connectivity index (χ0n) is 8.85. The van der Waals surface area contributed by atoms with Gasteiger partial charge in [0.2, 0.25) is 4.77 Å². The van der Waals surface area contributed by atoms with Gasteiger partial charge in [-0.25, -0.2) is 0 Å². The predicted octanol–water partition coefficient (Wildman–Crippen LogP) is 2.75. The van der Waals surface area contributed by atoms with Crippen LogP contribution in [0.25, 0.3) is 11.4 Å². The van der Waals surface area contributed by atoms with Gasteiger partial charge >= 0.3 is 6.61 Å². The maximum Gasteiger partial charge on any atom is 0.387 e. The highest BCUT2D eigenvalue weighted by Gasteiger charge is 2.06. The Bertz CT molecular complexity index is 562. The molecule has 0 amide bonds. The van der Waals surface area contributed by atoms with Gasteiger partial charge in [0.05, 0.1) is 0 Å². The maximum absolute atomic E-state index is 11.9. The van der Waals surface area contributed by atoms with Gasteiger partial charge in [-0.3, -0.25) is 9.78 Å². The Kier molecular flexibility index (Phi) is 3.19. The molecule has 0 saturated carbocycles. The number of aryl methyl sites for hydroxylation is 1. The molecule has 1 heterocycles. The molecule has 0 fully saturated rings. The Hall–Kier alpha value is -1.76. The number of nitrogens with zero attached hydrogens (tertiary/aromatic N) is 2. The smallest absolute Gasteiger partial charge is 0.387 e. The standard InChI is InChI=1S/C10H9F2N3OS/c1-15-10(17)13-8(14-15)6-2-4-7(5-3-6)16-9(11)12/h2-5,9H,1H3,(H,13,14,17). The number of hydrogen-bond donors (Lipinski definition) is 1. The molecule has 0 aliphatic carbocycles. The first kappa shape index (κ1) is 11.7. The van der Waals surface area contributed by atoms with Crippen molar-refractivity contribution in [2.75, 3.05) is 0 Å². The number of alkyl halides is 2. The van der Waals surface area contributed by atoms with E-state index in [9.17, 15) is 8.78 Å². The summed E-state index contributed by atoms with van der Waals surface area (Å²) in [5.74, 6) is 0.694. The van der Waals surface area contributed by atoms with Crippen molar-refractivity contribution in [3.8, 4) is 17.1 Å². The molecule has 0 aliphatic heterocycles. The van der Waals surface area contributed by atoms with Crippen molar-refractivity contribution >= 4 is 12.2 Å². The Morgan fingerprint density at radius 3 is 2.47 bits per heavy atom. The van der Waals surface area contributed by atoms with E-state index < -0.39 is 6.61 Å². The molecule has 0 saturated heterocycles. The molecule has 1 aromatic heterocycles. The molecule has 0 aliphatic rings. The highest BCUT2D eigenvalue weighted by Crippen LogP contribution is 2.20. The van der Waals surface area contributed by atoms with E-state index in [2.05, 4.69) is 14.8 Å². The topological polar surface area (TPSA) is 42.8 Å². The van der Waals surface area contributed by atoms with Crippen LogP contribution in [0.2, 0.25) is 0 Å². The number of ether oxygens (including phenoxy) is 1. The number of aromatic nitrogens is 3. The molecular weight excluding hydrogens is 248 g/mol. The molecular formula is C10H9F2N3OS. The van der Waals surface area contributed by atoms with Gasteiger partial charge < -0.3 is 4.74 Å². The lowest BCUT2D eigenvalue weighted by Crippen LogP contribution is -2.01. The number of H-pyrrole nitrogens is 1. The van der Waals surface area contributed by atoms with Crippen LogP contribution in [0, 0.1) is 4.77 Å². The Labute approximate surface area is 101 Å². The highest BCUT2D eigenvalue weighted by atomic mass is 32.1. The van der Waals surface area contributed by atoms with E-state index in [4.69, 9.17) is 12.2 Å². The first-order valence-corrected chi connectivity index (χ1v) is 5.15. The van der Waals surface area contributed by atoms with E-state index in [-0.39, 0.29) is 5.75 Å². The number of rotatable bonds is 3. The van der Waals surface area contributed by atoms with Gasteiger partial charge in [-0.15, -0.1) is 0 Å². The molecule has 1 N–H and O–H groups in total. The zero-order valence-corrected chi connectivity index (χ0v) is 9.67. The van der Waals surface area contributed by atoms with Crippen LogP contribution in [0.3, 0.4) is 0 Å². The molecule has 2 aromatic rings. The van der Waals surface area contributed by atoms with Crippen molar-refractivity contribution in [3.05, 3.63) is 29.0 Å². The van der Waals surface area contributed by atoms with Gasteiger partial charge in [0.15, 0.2) is 5.82 Å². The Morgan fingerprint density at radius 2 is 2.00 bits per heavy atom. The summed E-state index contributed by atoms with van der Waals surface area (Å²) in [5, 5.41) is 2.93. The molecule has 0 spiro atoms. The van der Waals surface area contributed by atoms with Crippen LogP contribution < -0.4 is 4.74 Å². The van der Waals surface area contributed by atoms with Crippen molar-refractivity contribution in [2.45, 2.75) is 6.61 Å². The molecule has 7 heteroatoms. The summed E-state index contributed by atoms with van der Waals surface area (Å²) in [4.78, 5) is 4.10. The summed E-state index contributed by atoms with van der Waals surface area (Å²) in [6.07, 6.45) is 0. The van der Waals surface area contributed by atoms with Crippen LogP contribution in [-0.2, 0) is 7.05 Å². The third kappa shape index (κ3) is 2.68. The predicted molar refractivity (Wildman–Crippen MR) is 60.5 cm³/mol. The fourth-order valence-corrected chi connectivity index (χ4v) is 1.46. The van der Waals surface area contributed by atoms with Gasteiger partial charge in [-0.1, -0.05) is 0 Å². The second-order valence-electron chi connectivity index (χ2n) is 3.32. The van der Waals surface area contributed by atoms with E-state index >= 15 is 0 Å². The number of aromatic amines is 1. The van der Waals surface area contributed by atoms with Crippen molar-refractivity contribution in [2.24, 2.45) is 7.05 Å². The first-order chi connectivity index (χ1) is 8.06. The molecule has 1 aromatic carbocycles. The Morgan fingerprint density at radius 1 is 1.35 bits per heavy atom. The summed E-state index contributed by atoms with van der Waals surface area (Å²) in [7, 11) is 1.74. The number of hydrogen-bond acceptors (Lipinski definition) is 3. The molecule has 4 nitrogen and oxygen atoms in total. The third-order valence-electron chi connectivity index (χ3n) is 2.12. The van der Waals surface area contributed by atoms with Crippen molar-refractivity contribution in [1.82, 2.24) is 14.8 Å². The summed E-state index contributed by atoms with van der Waals surface area (Å²) in [5.41, 5.74) is 0.748. The lowest BCUT2D eigenvalue weighted by atomic mass is 10.2. The van der Waals surface area contributed by atoms with Gasteiger partial charge in [-0.05, 0) is 36.5 Å². The monoisotopic (exact) mass is 257 g/mol. The lowest BCUT2D eigenvalue weighted by Gasteiger charge is -2.04. The minimum Gasteiger partial charge on any atom is -0.435 e. The molecule has 0 atom stereocenters. The Balaban J connectivity index is 2.26. The molecule has 2 rings (SSSR count). The molecule has 90 valence electrons. The van der Waals surface area contributed by atoms with E-state index in [1.807, 2.05) is 0 Å². The van der Waals surface area contributed by atoms with Crippen LogP contribution in [0.1, 0.15) is 0 Å². The van der Waals surface area contributed by atoms with Crippen molar-refractivity contribution in [3.63, 3.8) is 0 Å². The summed E-state index contributed by atoms with van der Waals surface area (Å²) < 4.78 is 30.1. The number of nitrogens with one attached hydrogen (secondary N) is 1. The van der Waals surface area contributed by atoms with Crippen molar-refractivity contribution < 1.29 is 13.5 Å². The van der Waals surface area contributed by atoms with Gasteiger partial charge in [0.25, 0.3) is 0 Å². The minimum absolute atomic E-state index is 0.110. The van der Waals surface area contributed by atoms with Gasteiger partial charge in [-0.2, -0.15) is 13.8 Å². The molecule has 17 heavy (non-hydrogen) atoms. The van der Waals surface area contributed by atoms with Crippen LogP contribution in [-0.4, -0.2) is 21.4 Å². The SMILES string of the molecule is Cn1[nH]c(-c2ccc(OC(F)F)cc2)nc1=S. The summed E-state index contributed by atoms with van der Waals surface area (Å²) in [6, 6.07) is 6.16. The lowest BCUT2D eigenvalue weighted by molar-refractivity contribution is -0.0498. The van der Waals surface area contributed by atoms with E-state index in [0.717, 1.165) is 5.56 Å². The van der Waals surface area contributed by atoms with Gasteiger partial charge in [0, 0.05) is 12.6 Å². The molecule has 0 radical (unpaired) electrons. The fourth-order valence-electron chi connectivity index (χ4n) is 1.33. The minimum atomic E-state index is -2.82. The quantitative estimate of drug-likeness (QED) is 0.860. The average molecular weight is 257 g/mol. The maximum atomic E-state index is 11.9. The van der Waals surface area contributed by atoms with Crippen molar-refractivity contribution in [1.29, 1.82) is 0 Å². The van der Waals surface area contributed by atoms with Crippen LogP contribution in [0.4, 0.5) is 8.78 Å². The fraction of sp³-hybridized carbons (Fsp3) is 0.200. The zero-order chi connectivity index (χ0) is 12.4. The van der Waals surface area contributed by atoms with E-state index in [0.29, 0.717) is 10.6 Å². The largest absolute Gasteiger partial charge is 0.435 e. The third-order valence-corrected chi connectivity index (χ3v) is 2.49. The van der Waals surface area contributed by atoms with Crippen LogP contribution in [0.15, 0.2) is 24.3 Å². The first-order valence-electron chi connectivity index (χ1n) is 4.74. The highest BCUT2D eigenvalue weighted by molar-refractivity contribution is 7.71. The molecule has 0 bridgehead atoms. The van der Waals surface area contributed by atoms with Crippen LogP contribution >= 0.6 is 12.2 Å². The number of halogens is 2. The second-order valence-corrected chi connectivity index (χ2v) is 3.68. The van der Waals surface area contributed by atoms with Gasteiger partial charge in [0.1, 0.15) is 5.75 Å². The second kappa shape index (κ2) is 4.62. The van der Waals surface area contributed by atoms with E-state index in [1.165, 1.54) is 12.1 Å². The van der Waals surface area contributed by atoms with E-state index in [1.54, 1.807) is 23.9 Å².